The quantitative estimate of drug-likeness (QED) is 0.432. The molecule has 0 unspecified atom stereocenters. The van der Waals surface area contributed by atoms with E-state index in [1.165, 1.54) is 0 Å². The van der Waals surface area contributed by atoms with Gasteiger partial charge in [0.2, 0.25) is 5.91 Å². The van der Waals surface area contributed by atoms with E-state index in [2.05, 4.69) is 33.8 Å². The van der Waals surface area contributed by atoms with Gasteiger partial charge in [-0.15, -0.1) is 6.58 Å². The number of aromatic nitrogens is 5. The Morgan fingerprint density at radius 2 is 1.91 bits per heavy atom. The summed E-state index contributed by atoms with van der Waals surface area (Å²) in [6.07, 6.45) is 11.1. The molecule has 0 spiro atoms. The van der Waals surface area contributed by atoms with Crippen molar-refractivity contribution in [2.75, 3.05) is 31.1 Å². The van der Waals surface area contributed by atoms with Crippen molar-refractivity contribution in [1.29, 1.82) is 5.26 Å². The minimum Gasteiger partial charge on any atom is -0.353 e. The van der Waals surface area contributed by atoms with E-state index in [4.69, 9.17) is 4.98 Å². The molecule has 34 heavy (non-hydrogen) atoms. The molecule has 0 radical (unpaired) electrons. The Bertz CT molecular complexity index is 1400. The molecule has 1 amide bonds. The van der Waals surface area contributed by atoms with Crippen LogP contribution in [0.2, 0.25) is 0 Å². The number of nitriles is 1. The lowest BCUT2D eigenvalue weighted by Crippen LogP contribution is -2.48. The zero-order valence-electron chi connectivity index (χ0n) is 18.9. The van der Waals surface area contributed by atoms with Gasteiger partial charge in [-0.1, -0.05) is 6.08 Å². The third-order valence-electron chi connectivity index (χ3n) is 6.10. The summed E-state index contributed by atoms with van der Waals surface area (Å²) in [6, 6.07) is 8.31. The molecule has 1 aliphatic rings. The summed E-state index contributed by atoms with van der Waals surface area (Å²) in [5, 5.41) is 18.3. The second kappa shape index (κ2) is 8.83. The van der Waals surface area contributed by atoms with Crippen molar-refractivity contribution in [3.8, 4) is 28.3 Å². The maximum Gasteiger partial charge on any atom is 0.226 e. The summed E-state index contributed by atoms with van der Waals surface area (Å²) < 4.78 is 3.49. The van der Waals surface area contributed by atoms with Crippen LogP contribution in [-0.2, 0) is 11.8 Å². The van der Waals surface area contributed by atoms with E-state index in [1.807, 2.05) is 42.7 Å². The van der Waals surface area contributed by atoms with Crippen LogP contribution >= 0.6 is 0 Å². The van der Waals surface area contributed by atoms with Crippen LogP contribution in [-0.4, -0.2) is 61.4 Å². The number of fused-ring (bicyclic) bond motifs is 1. The van der Waals surface area contributed by atoms with Gasteiger partial charge in [-0.3, -0.25) is 9.48 Å². The summed E-state index contributed by atoms with van der Waals surface area (Å²) in [6.45, 7) is 6.46. The molecule has 0 N–H and O–H groups in total. The molecule has 0 atom stereocenters. The van der Waals surface area contributed by atoms with Crippen LogP contribution in [0.25, 0.3) is 27.8 Å². The molecule has 9 nitrogen and oxygen atoms in total. The minimum absolute atomic E-state index is 0.115. The summed E-state index contributed by atoms with van der Waals surface area (Å²) in [5.74, 6) is 0.984. The van der Waals surface area contributed by atoms with Crippen molar-refractivity contribution < 1.29 is 4.79 Å². The van der Waals surface area contributed by atoms with Crippen LogP contribution in [0.15, 0.2) is 61.8 Å². The van der Waals surface area contributed by atoms with E-state index in [0.29, 0.717) is 25.1 Å². The number of anilines is 1. The molecule has 0 aliphatic carbocycles. The van der Waals surface area contributed by atoms with Gasteiger partial charge in [0, 0.05) is 80.5 Å². The van der Waals surface area contributed by atoms with Crippen molar-refractivity contribution >= 4 is 17.2 Å². The largest absolute Gasteiger partial charge is 0.353 e. The van der Waals surface area contributed by atoms with Crippen LogP contribution in [0.5, 0.6) is 0 Å². The summed E-state index contributed by atoms with van der Waals surface area (Å²) in [7, 11) is 1.88. The fourth-order valence-electron chi connectivity index (χ4n) is 4.32. The number of carbonyl (C=O) groups is 1. The van der Waals surface area contributed by atoms with Crippen molar-refractivity contribution in [1.82, 2.24) is 29.3 Å². The lowest BCUT2D eigenvalue weighted by molar-refractivity contribution is -0.130. The smallest absolute Gasteiger partial charge is 0.226 e. The Morgan fingerprint density at radius 1 is 1.09 bits per heavy atom. The SMILES string of the molecule is C=CCC(=O)N1CCN(c2ccc(-c3cc(-c4cnn(C)c4)cn4ncc(C#N)c34)cn2)CC1. The predicted molar refractivity (Wildman–Crippen MR) is 129 cm³/mol. The fourth-order valence-corrected chi connectivity index (χ4v) is 4.32. The highest BCUT2D eigenvalue weighted by Crippen LogP contribution is 2.32. The minimum atomic E-state index is 0.115. The van der Waals surface area contributed by atoms with Gasteiger partial charge in [0.05, 0.1) is 23.5 Å². The van der Waals surface area contributed by atoms with E-state index >= 15 is 0 Å². The van der Waals surface area contributed by atoms with Crippen LogP contribution in [0, 0.1) is 11.3 Å². The normalized spacial score (nSPS) is 13.8. The van der Waals surface area contributed by atoms with Gasteiger partial charge in [-0.25, -0.2) is 9.50 Å². The molecule has 0 aromatic carbocycles. The molecule has 0 saturated carbocycles. The highest BCUT2D eigenvalue weighted by molar-refractivity contribution is 5.87. The number of nitrogens with zero attached hydrogens (tertiary/aromatic N) is 8. The van der Waals surface area contributed by atoms with Gasteiger partial charge >= 0.3 is 0 Å². The Balaban J connectivity index is 1.45. The highest BCUT2D eigenvalue weighted by Gasteiger charge is 2.21. The van der Waals surface area contributed by atoms with Crippen LogP contribution in [0.4, 0.5) is 5.82 Å². The first-order valence-electron chi connectivity index (χ1n) is 11.1. The Morgan fingerprint density at radius 3 is 2.56 bits per heavy atom. The molecule has 170 valence electrons. The maximum absolute atomic E-state index is 12.1. The zero-order chi connectivity index (χ0) is 23.7. The first-order chi connectivity index (χ1) is 16.6. The molecule has 1 aliphatic heterocycles. The Hall–Kier alpha value is -4.45. The molecule has 4 aromatic heterocycles. The third kappa shape index (κ3) is 3.90. The first-order valence-corrected chi connectivity index (χ1v) is 11.1. The summed E-state index contributed by atoms with van der Waals surface area (Å²) in [4.78, 5) is 20.9. The van der Waals surface area contributed by atoms with Crippen LogP contribution < -0.4 is 4.90 Å². The van der Waals surface area contributed by atoms with Gasteiger partial charge in [-0.2, -0.15) is 15.5 Å². The average Bonchev–Trinajstić information content (AvgIpc) is 3.50. The number of hydrogen-bond acceptors (Lipinski definition) is 6. The molecule has 1 saturated heterocycles. The maximum atomic E-state index is 12.1. The van der Waals surface area contributed by atoms with Gasteiger partial charge in [0.25, 0.3) is 0 Å². The predicted octanol–water partition coefficient (Wildman–Crippen LogP) is 2.89. The van der Waals surface area contributed by atoms with Crippen molar-refractivity contribution in [2.45, 2.75) is 6.42 Å². The van der Waals surface area contributed by atoms with Crippen molar-refractivity contribution in [3.05, 3.63) is 67.4 Å². The Labute approximate surface area is 197 Å². The standard InChI is InChI=1S/C25H24N8O/c1-3-4-24(34)32-9-7-31(8-10-32)23-6-5-18(13-27-23)22-11-19(21-15-28-30(2)16-21)17-33-25(22)20(12-26)14-29-33/h3,5-6,11,13-17H,1,4,7-10H2,2H3. The number of rotatable bonds is 5. The topological polar surface area (TPSA) is 95.4 Å². The van der Waals surface area contributed by atoms with Crippen molar-refractivity contribution in [2.24, 2.45) is 7.05 Å². The number of amides is 1. The molecular weight excluding hydrogens is 428 g/mol. The zero-order valence-corrected chi connectivity index (χ0v) is 18.9. The van der Waals surface area contributed by atoms with Crippen LogP contribution in [0.1, 0.15) is 12.0 Å². The number of aryl methyl sites for hydroxylation is 1. The monoisotopic (exact) mass is 452 g/mol. The van der Waals surface area contributed by atoms with E-state index in [0.717, 1.165) is 46.7 Å². The molecule has 5 heterocycles. The first kappa shape index (κ1) is 21.4. The highest BCUT2D eigenvalue weighted by atomic mass is 16.2. The summed E-state index contributed by atoms with van der Waals surface area (Å²) >= 11 is 0. The number of pyridine rings is 2. The molecule has 4 aromatic rings. The molecule has 1 fully saturated rings. The second-order valence-corrected chi connectivity index (χ2v) is 8.27. The molecule has 0 bridgehead atoms. The number of piperazine rings is 1. The Kier molecular flexibility index (Phi) is 5.55. The average molecular weight is 453 g/mol. The van der Waals surface area contributed by atoms with Gasteiger partial charge in [-0.05, 0) is 18.2 Å². The molecule has 5 rings (SSSR count). The van der Waals surface area contributed by atoms with E-state index < -0.39 is 0 Å². The fraction of sp³-hybridized carbons (Fsp3) is 0.240. The second-order valence-electron chi connectivity index (χ2n) is 8.27. The van der Waals surface area contributed by atoms with Gasteiger partial charge in [0.15, 0.2) is 0 Å². The summed E-state index contributed by atoms with van der Waals surface area (Å²) in [5.41, 5.74) is 4.96. The van der Waals surface area contributed by atoms with Crippen LogP contribution in [0.3, 0.4) is 0 Å². The third-order valence-corrected chi connectivity index (χ3v) is 6.10. The van der Waals surface area contributed by atoms with E-state index in [1.54, 1.807) is 27.7 Å². The molecular formula is C25H24N8O. The van der Waals surface area contributed by atoms with E-state index in [9.17, 15) is 10.1 Å². The number of hydrogen-bond donors (Lipinski definition) is 0. The van der Waals surface area contributed by atoms with Gasteiger partial charge < -0.3 is 9.80 Å². The van der Waals surface area contributed by atoms with E-state index in [-0.39, 0.29) is 5.91 Å². The van der Waals surface area contributed by atoms with Crippen molar-refractivity contribution in [3.63, 3.8) is 0 Å². The number of carbonyl (C=O) groups excluding carboxylic acids is 1. The lowest BCUT2D eigenvalue weighted by atomic mass is 10.0. The lowest BCUT2D eigenvalue weighted by Gasteiger charge is -2.35. The molecule has 9 heteroatoms. The van der Waals surface area contributed by atoms with Gasteiger partial charge in [0.1, 0.15) is 11.9 Å².